The van der Waals surface area contributed by atoms with Crippen LogP contribution in [0.3, 0.4) is 0 Å². The Kier molecular flexibility index (Phi) is 4.95. The number of carbonyl (C=O) groups is 1. The number of hydrogen-bond acceptors (Lipinski definition) is 4. The molecule has 0 saturated heterocycles. The molecule has 20 heavy (non-hydrogen) atoms. The first kappa shape index (κ1) is 14.8. The predicted octanol–water partition coefficient (Wildman–Crippen LogP) is 2.24. The quantitative estimate of drug-likeness (QED) is 0.550. The minimum Gasteiger partial charge on any atom is -0.349 e. The number of aromatic nitrogens is 1. The molecule has 1 aliphatic carbocycles. The maximum Gasteiger partial charge on any atom is 0.251 e. The number of hydrogen-bond donors (Lipinski definition) is 3. The van der Waals surface area contributed by atoms with Gasteiger partial charge in [0.1, 0.15) is 5.82 Å². The van der Waals surface area contributed by atoms with Crippen LogP contribution >= 0.6 is 0 Å². The van der Waals surface area contributed by atoms with Gasteiger partial charge in [-0.15, -0.1) is 0 Å². The molecule has 1 heterocycles. The standard InChI is InChI=1S/C15H24N4O/c1-3-5-13-8-12(9-14(18-13)19-16)15(20)17-10(2)11-6-4-7-11/h8-11H,3-7,16H2,1-2H3,(H,17,20)(H,18,19). The minimum absolute atomic E-state index is 0.0411. The Morgan fingerprint density at radius 3 is 2.80 bits per heavy atom. The topological polar surface area (TPSA) is 80.0 Å². The molecule has 0 aliphatic heterocycles. The van der Waals surface area contributed by atoms with Crippen molar-refractivity contribution in [3.8, 4) is 0 Å². The first-order valence-electron chi connectivity index (χ1n) is 7.42. The van der Waals surface area contributed by atoms with Gasteiger partial charge >= 0.3 is 0 Å². The number of nitrogens with one attached hydrogen (secondary N) is 2. The lowest BCUT2D eigenvalue weighted by Gasteiger charge is -2.31. The molecule has 0 bridgehead atoms. The average molecular weight is 276 g/mol. The summed E-state index contributed by atoms with van der Waals surface area (Å²) < 4.78 is 0. The van der Waals surface area contributed by atoms with Crippen molar-refractivity contribution in [2.24, 2.45) is 11.8 Å². The van der Waals surface area contributed by atoms with E-state index < -0.39 is 0 Å². The van der Waals surface area contributed by atoms with Crippen LogP contribution in [-0.2, 0) is 6.42 Å². The van der Waals surface area contributed by atoms with Gasteiger partial charge < -0.3 is 10.7 Å². The van der Waals surface area contributed by atoms with Gasteiger partial charge in [-0.1, -0.05) is 19.8 Å². The van der Waals surface area contributed by atoms with Crippen LogP contribution in [0.1, 0.15) is 55.6 Å². The van der Waals surface area contributed by atoms with Gasteiger partial charge in [0.05, 0.1) is 0 Å². The van der Waals surface area contributed by atoms with Gasteiger partial charge in [0.25, 0.3) is 5.91 Å². The van der Waals surface area contributed by atoms with Gasteiger partial charge in [-0.05, 0) is 44.2 Å². The van der Waals surface area contributed by atoms with Crippen molar-refractivity contribution >= 4 is 11.7 Å². The molecule has 2 rings (SSSR count). The van der Waals surface area contributed by atoms with Gasteiger partial charge in [0.15, 0.2) is 0 Å². The number of hydrazine groups is 1. The Hall–Kier alpha value is -1.62. The van der Waals surface area contributed by atoms with Crippen molar-refractivity contribution in [1.82, 2.24) is 10.3 Å². The number of rotatable bonds is 6. The zero-order chi connectivity index (χ0) is 14.5. The fourth-order valence-corrected chi connectivity index (χ4v) is 2.52. The molecular weight excluding hydrogens is 252 g/mol. The van der Waals surface area contributed by atoms with Crippen molar-refractivity contribution in [2.75, 3.05) is 5.43 Å². The summed E-state index contributed by atoms with van der Waals surface area (Å²) >= 11 is 0. The molecular formula is C15H24N4O. The zero-order valence-electron chi connectivity index (χ0n) is 12.3. The molecule has 1 aliphatic rings. The monoisotopic (exact) mass is 276 g/mol. The molecule has 4 N–H and O–H groups in total. The maximum atomic E-state index is 12.3. The van der Waals surface area contributed by atoms with E-state index in [4.69, 9.17) is 5.84 Å². The van der Waals surface area contributed by atoms with Crippen LogP contribution in [0, 0.1) is 5.92 Å². The zero-order valence-corrected chi connectivity index (χ0v) is 12.3. The Balaban J connectivity index is 2.09. The van der Waals surface area contributed by atoms with Crippen molar-refractivity contribution < 1.29 is 4.79 Å². The largest absolute Gasteiger partial charge is 0.349 e. The van der Waals surface area contributed by atoms with E-state index in [0.717, 1.165) is 18.5 Å². The van der Waals surface area contributed by atoms with Crippen LogP contribution in [0.5, 0.6) is 0 Å². The fourth-order valence-electron chi connectivity index (χ4n) is 2.52. The third-order valence-electron chi connectivity index (χ3n) is 4.01. The van der Waals surface area contributed by atoms with Crippen LogP contribution in [0.25, 0.3) is 0 Å². The molecule has 5 heteroatoms. The van der Waals surface area contributed by atoms with E-state index in [0.29, 0.717) is 17.3 Å². The molecule has 1 amide bonds. The highest BCUT2D eigenvalue weighted by Gasteiger charge is 2.25. The number of nitrogens with zero attached hydrogens (tertiary/aromatic N) is 1. The van der Waals surface area contributed by atoms with Crippen molar-refractivity contribution in [2.45, 2.75) is 52.0 Å². The molecule has 1 atom stereocenters. The molecule has 1 fully saturated rings. The molecule has 110 valence electrons. The molecule has 1 unspecified atom stereocenters. The highest BCUT2D eigenvalue weighted by molar-refractivity contribution is 5.95. The summed E-state index contributed by atoms with van der Waals surface area (Å²) in [7, 11) is 0. The van der Waals surface area contributed by atoms with Crippen LogP contribution in [-0.4, -0.2) is 16.9 Å². The molecule has 0 radical (unpaired) electrons. The minimum atomic E-state index is -0.0411. The summed E-state index contributed by atoms with van der Waals surface area (Å²) in [5.74, 6) is 6.55. The second-order valence-electron chi connectivity index (χ2n) is 5.58. The molecule has 1 saturated carbocycles. The van der Waals surface area contributed by atoms with Crippen LogP contribution in [0.2, 0.25) is 0 Å². The number of aryl methyl sites for hydroxylation is 1. The van der Waals surface area contributed by atoms with Crippen molar-refractivity contribution in [1.29, 1.82) is 0 Å². The Morgan fingerprint density at radius 2 is 2.25 bits per heavy atom. The second kappa shape index (κ2) is 6.70. The molecule has 1 aromatic heterocycles. The van der Waals surface area contributed by atoms with Gasteiger partial charge in [0.2, 0.25) is 0 Å². The summed E-state index contributed by atoms with van der Waals surface area (Å²) in [5.41, 5.74) is 4.05. The number of nitrogens with two attached hydrogens (primary N) is 1. The van der Waals surface area contributed by atoms with E-state index in [1.54, 1.807) is 6.07 Å². The second-order valence-corrected chi connectivity index (χ2v) is 5.58. The van der Waals surface area contributed by atoms with Gasteiger partial charge in [0, 0.05) is 17.3 Å². The van der Waals surface area contributed by atoms with E-state index in [-0.39, 0.29) is 11.9 Å². The van der Waals surface area contributed by atoms with Crippen LogP contribution < -0.4 is 16.6 Å². The van der Waals surface area contributed by atoms with E-state index in [2.05, 4.69) is 29.6 Å². The lowest BCUT2D eigenvalue weighted by molar-refractivity contribution is 0.0909. The normalized spacial score (nSPS) is 16.4. The van der Waals surface area contributed by atoms with Gasteiger partial charge in [-0.25, -0.2) is 10.8 Å². The first-order valence-corrected chi connectivity index (χ1v) is 7.42. The van der Waals surface area contributed by atoms with Crippen LogP contribution in [0.15, 0.2) is 12.1 Å². The lowest BCUT2D eigenvalue weighted by Crippen LogP contribution is -2.40. The fraction of sp³-hybridized carbons (Fsp3) is 0.600. The van der Waals surface area contributed by atoms with E-state index in [1.165, 1.54) is 19.3 Å². The maximum absolute atomic E-state index is 12.3. The van der Waals surface area contributed by atoms with E-state index >= 15 is 0 Å². The smallest absolute Gasteiger partial charge is 0.251 e. The highest BCUT2D eigenvalue weighted by Crippen LogP contribution is 2.29. The highest BCUT2D eigenvalue weighted by atomic mass is 16.1. The number of nitrogen functional groups attached to an aromatic ring is 1. The molecule has 0 spiro atoms. The Labute approximate surface area is 120 Å². The van der Waals surface area contributed by atoms with Gasteiger partial charge in [-0.2, -0.15) is 0 Å². The SMILES string of the molecule is CCCc1cc(C(=O)NC(C)C2CCC2)cc(NN)n1. The van der Waals surface area contributed by atoms with E-state index in [1.807, 2.05) is 6.07 Å². The summed E-state index contributed by atoms with van der Waals surface area (Å²) in [4.78, 5) is 16.7. The lowest BCUT2D eigenvalue weighted by atomic mass is 9.80. The first-order chi connectivity index (χ1) is 9.63. The molecule has 1 aromatic rings. The van der Waals surface area contributed by atoms with Gasteiger partial charge in [-0.3, -0.25) is 4.79 Å². The molecule has 5 nitrogen and oxygen atoms in total. The van der Waals surface area contributed by atoms with Crippen LogP contribution in [0.4, 0.5) is 5.82 Å². The summed E-state index contributed by atoms with van der Waals surface area (Å²) in [5, 5.41) is 3.08. The summed E-state index contributed by atoms with van der Waals surface area (Å²) in [6.07, 6.45) is 5.54. The Bertz CT molecular complexity index is 471. The average Bonchev–Trinajstić information content (AvgIpc) is 2.36. The third kappa shape index (κ3) is 3.48. The summed E-state index contributed by atoms with van der Waals surface area (Å²) in [6.45, 7) is 4.17. The number of pyridine rings is 1. The number of amides is 1. The number of carbonyl (C=O) groups excluding carboxylic acids is 1. The third-order valence-corrected chi connectivity index (χ3v) is 4.01. The molecule has 0 aromatic carbocycles. The van der Waals surface area contributed by atoms with Crippen molar-refractivity contribution in [3.05, 3.63) is 23.4 Å². The number of anilines is 1. The summed E-state index contributed by atoms with van der Waals surface area (Å²) in [6, 6.07) is 3.78. The van der Waals surface area contributed by atoms with Crippen molar-refractivity contribution in [3.63, 3.8) is 0 Å². The predicted molar refractivity (Wildman–Crippen MR) is 80.3 cm³/mol. The van der Waals surface area contributed by atoms with E-state index in [9.17, 15) is 4.79 Å². The Morgan fingerprint density at radius 1 is 1.50 bits per heavy atom.